The van der Waals surface area contributed by atoms with E-state index < -0.39 is 11.0 Å². The molecule has 0 radical (unpaired) electrons. The van der Waals surface area contributed by atoms with Crippen molar-refractivity contribution in [3.05, 3.63) is 0 Å². The molecule has 0 spiro atoms. The zero-order valence-electron chi connectivity index (χ0n) is 4.90. The van der Waals surface area contributed by atoms with Gasteiger partial charge in [0.25, 0.3) is 0 Å². The summed E-state index contributed by atoms with van der Waals surface area (Å²) in [5, 5.41) is 1.52. The van der Waals surface area contributed by atoms with Gasteiger partial charge in [0.15, 0.2) is 0 Å². The number of halogens is 4. The fourth-order valence-electron chi connectivity index (χ4n) is 0.690. The second-order valence-electron chi connectivity index (χ2n) is 1.99. The topological polar surface area (TPSA) is 0 Å². The van der Waals surface area contributed by atoms with Gasteiger partial charge in [0, 0.05) is 0 Å². The van der Waals surface area contributed by atoms with Crippen molar-refractivity contribution in [1.82, 2.24) is 0 Å². The van der Waals surface area contributed by atoms with Crippen LogP contribution in [0.15, 0.2) is 0 Å². The number of alkyl halides is 2. The Balaban J connectivity index is 2.51. The van der Waals surface area contributed by atoms with E-state index in [-0.39, 0.29) is 9.42 Å². The number of hydrogen-bond donors (Lipinski definition) is 0. The van der Waals surface area contributed by atoms with Crippen LogP contribution in [0.25, 0.3) is 0 Å². The molecule has 0 nitrogen and oxygen atoms in total. The molecule has 62 valence electrons. The summed E-state index contributed by atoms with van der Waals surface area (Å²) < 4.78 is 0.0394. The summed E-state index contributed by atoms with van der Waals surface area (Å²) >= 11 is 11.0. The van der Waals surface area contributed by atoms with Crippen LogP contribution in [0.3, 0.4) is 0 Å². The molecular weight excluding hydrogens is 301 g/mol. The van der Waals surface area contributed by atoms with Crippen molar-refractivity contribution < 1.29 is 0 Å². The van der Waals surface area contributed by atoms with E-state index in [1.165, 1.54) is 0 Å². The summed E-state index contributed by atoms with van der Waals surface area (Å²) in [5.74, 6) is 0. The van der Waals surface area contributed by atoms with E-state index in [0.29, 0.717) is 0 Å². The van der Waals surface area contributed by atoms with Gasteiger partial charge in [-0.3, -0.25) is 0 Å². The van der Waals surface area contributed by atoms with Crippen molar-refractivity contribution >= 4 is 66.2 Å². The second kappa shape index (κ2) is 3.83. The Bertz CT molecular complexity index is 118. The molecule has 0 aromatic heterocycles. The van der Waals surface area contributed by atoms with Gasteiger partial charge < -0.3 is 0 Å². The first-order valence-corrected chi connectivity index (χ1v) is 11.4. The molecule has 1 saturated heterocycles. The maximum atomic E-state index is 6.00. The van der Waals surface area contributed by atoms with E-state index in [2.05, 4.69) is 0 Å². The Morgan fingerprint density at radius 2 is 1.50 bits per heavy atom. The van der Waals surface area contributed by atoms with Crippen LogP contribution in [-0.2, 0) is 0 Å². The molecule has 1 aliphatic heterocycles. The molecule has 1 rings (SSSR count). The fraction of sp³-hybridized carbons (Fsp3) is 1.00. The number of rotatable bonds is 0. The second-order valence-corrected chi connectivity index (χ2v) is 16.3. The van der Waals surface area contributed by atoms with Gasteiger partial charge in [0.05, 0.1) is 0 Å². The molecule has 1 aliphatic rings. The van der Waals surface area contributed by atoms with E-state index in [0.717, 1.165) is 10.6 Å². The SMILES string of the molecule is ClC1C[Se](Cl)(Cl)CC(Cl)S1. The Morgan fingerprint density at radius 1 is 1.10 bits per heavy atom. The van der Waals surface area contributed by atoms with Gasteiger partial charge in [-0.15, -0.1) is 0 Å². The molecule has 0 N–H and O–H groups in total. The summed E-state index contributed by atoms with van der Waals surface area (Å²) in [5.41, 5.74) is 0. The molecule has 0 bridgehead atoms. The van der Waals surface area contributed by atoms with E-state index in [4.69, 9.17) is 43.4 Å². The van der Waals surface area contributed by atoms with Gasteiger partial charge in [-0.2, -0.15) is 0 Å². The molecule has 1 heterocycles. The van der Waals surface area contributed by atoms with Gasteiger partial charge in [-0.05, 0) is 0 Å². The average molecular weight is 307 g/mol. The van der Waals surface area contributed by atoms with Gasteiger partial charge >= 0.3 is 86.2 Å². The number of thioether (sulfide) groups is 1. The van der Waals surface area contributed by atoms with Gasteiger partial charge in [0.2, 0.25) is 0 Å². The van der Waals surface area contributed by atoms with E-state index in [1.807, 2.05) is 0 Å². The van der Waals surface area contributed by atoms with Crippen LogP contribution in [-0.4, -0.2) is 20.4 Å². The normalized spacial score (nSPS) is 42.8. The van der Waals surface area contributed by atoms with Crippen molar-refractivity contribution in [2.45, 2.75) is 20.1 Å². The van der Waals surface area contributed by atoms with Crippen molar-refractivity contribution in [2.75, 3.05) is 0 Å². The zero-order valence-corrected chi connectivity index (χ0v) is 10.5. The monoisotopic (exact) mass is 306 g/mol. The minimum absolute atomic E-state index is 0.0197. The van der Waals surface area contributed by atoms with Crippen molar-refractivity contribution in [3.8, 4) is 0 Å². The third kappa shape index (κ3) is 3.18. The molecule has 6 heteroatoms. The first kappa shape index (κ1) is 10.1. The van der Waals surface area contributed by atoms with Crippen LogP contribution >= 0.6 is 55.2 Å². The van der Waals surface area contributed by atoms with E-state index in [1.54, 1.807) is 11.8 Å². The van der Waals surface area contributed by atoms with Gasteiger partial charge in [0.1, 0.15) is 0 Å². The number of hydrogen-bond acceptors (Lipinski definition) is 1. The van der Waals surface area contributed by atoms with Crippen LogP contribution in [0.4, 0.5) is 0 Å². The molecule has 10 heavy (non-hydrogen) atoms. The average Bonchev–Trinajstić information content (AvgIpc) is 1.54. The van der Waals surface area contributed by atoms with Crippen LogP contribution in [0.1, 0.15) is 0 Å². The van der Waals surface area contributed by atoms with Crippen LogP contribution < -0.4 is 0 Å². The summed E-state index contributed by atoms with van der Waals surface area (Å²) in [6.07, 6.45) is 0. The summed E-state index contributed by atoms with van der Waals surface area (Å²) in [4.78, 5) is 0. The van der Waals surface area contributed by atoms with Crippen molar-refractivity contribution in [1.29, 1.82) is 0 Å². The summed E-state index contributed by atoms with van der Waals surface area (Å²) in [6.45, 7) is 0. The van der Waals surface area contributed by atoms with Crippen LogP contribution in [0, 0.1) is 0 Å². The van der Waals surface area contributed by atoms with Gasteiger partial charge in [-0.25, -0.2) is 0 Å². The first-order chi connectivity index (χ1) is 4.49. The predicted octanol–water partition coefficient (Wildman–Crippen LogP) is 3.78. The van der Waals surface area contributed by atoms with Crippen molar-refractivity contribution in [2.24, 2.45) is 0 Å². The third-order valence-electron chi connectivity index (χ3n) is 1.05. The Kier molecular flexibility index (Phi) is 3.87. The summed E-state index contributed by atoms with van der Waals surface area (Å²) in [7, 11) is 12.0. The molecule has 2 unspecified atom stereocenters. The molecule has 1 fully saturated rings. The van der Waals surface area contributed by atoms with Crippen LogP contribution in [0.2, 0.25) is 10.6 Å². The molecule has 0 aromatic rings. The summed E-state index contributed by atoms with van der Waals surface area (Å²) in [6, 6.07) is 0. The standard InChI is InChI=1S/C4H6Cl4SSe/c5-3-1-10(7,8)2-4(6)9-3/h3-4H,1-2H2. The molecule has 0 saturated carbocycles. The Hall–Kier alpha value is 2.03. The fourth-order valence-corrected chi connectivity index (χ4v) is 15.1. The predicted molar refractivity (Wildman–Crippen MR) is 53.9 cm³/mol. The first-order valence-electron chi connectivity index (χ1n) is 2.61. The van der Waals surface area contributed by atoms with Crippen molar-refractivity contribution in [3.63, 3.8) is 0 Å². The Morgan fingerprint density at radius 3 is 1.80 bits per heavy atom. The molecule has 0 aromatic carbocycles. The van der Waals surface area contributed by atoms with Crippen LogP contribution in [0.5, 0.6) is 0 Å². The Labute approximate surface area is 85.6 Å². The maximum absolute atomic E-state index is 6.00. The third-order valence-corrected chi connectivity index (χ3v) is 10.7. The van der Waals surface area contributed by atoms with E-state index >= 15 is 0 Å². The zero-order chi connectivity index (χ0) is 7.78. The quantitative estimate of drug-likeness (QED) is 0.485. The van der Waals surface area contributed by atoms with Gasteiger partial charge in [-0.1, -0.05) is 0 Å². The van der Waals surface area contributed by atoms with E-state index in [9.17, 15) is 0 Å². The molecule has 0 aliphatic carbocycles. The molecule has 0 amide bonds. The molecular formula is C4H6Cl4SSe. The molecule has 2 atom stereocenters. The minimum atomic E-state index is -2.22.